The minimum Gasteiger partial charge on any atom is -0.497 e. The molecule has 4 aromatic carbocycles. The predicted octanol–water partition coefficient (Wildman–Crippen LogP) is 6.55. The van der Waals surface area contributed by atoms with Crippen LogP contribution in [0.3, 0.4) is 0 Å². The first kappa shape index (κ1) is 20.9. The summed E-state index contributed by atoms with van der Waals surface area (Å²) in [6, 6.07) is 37.8. The molecular formula is C29H28O2. The molecule has 4 rings (SSSR count). The van der Waals surface area contributed by atoms with Crippen LogP contribution in [0.25, 0.3) is 0 Å². The van der Waals surface area contributed by atoms with E-state index in [0.29, 0.717) is 6.61 Å². The summed E-state index contributed by atoms with van der Waals surface area (Å²) in [6.45, 7) is 2.70. The van der Waals surface area contributed by atoms with Crippen LogP contribution in [0.15, 0.2) is 109 Å². The van der Waals surface area contributed by atoms with Crippen molar-refractivity contribution in [2.24, 2.45) is 0 Å². The molecular weight excluding hydrogens is 380 g/mol. The van der Waals surface area contributed by atoms with Crippen molar-refractivity contribution in [3.8, 4) is 5.75 Å². The van der Waals surface area contributed by atoms with E-state index in [1.54, 1.807) is 7.11 Å². The molecule has 0 heterocycles. The van der Waals surface area contributed by atoms with Crippen LogP contribution in [0.1, 0.15) is 27.8 Å². The van der Waals surface area contributed by atoms with Crippen molar-refractivity contribution in [1.82, 2.24) is 0 Å². The Morgan fingerprint density at radius 2 is 1.13 bits per heavy atom. The lowest BCUT2D eigenvalue weighted by Crippen LogP contribution is -2.33. The number of ether oxygens (including phenoxy) is 2. The molecule has 0 saturated heterocycles. The molecule has 0 bridgehead atoms. The van der Waals surface area contributed by atoms with E-state index in [4.69, 9.17) is 9.47 Å². The fourth-order valence-electron chi connectivity index (χ4n) is 4.00. The zero-order chi connectivity index (χ0) is 21.5. The second-order valence-corrected chi connectivity index (χ2v) is 7.73. The van der Waals surface area contributed by atoms with Crippen molar-refractivity contribution < 1.29 is 9.47 Å². The summed E-state index contributed by atoms with van der Waals surface area (Å²) < 4.78 is 12.3. The van der Waals surface area contributed by atoms with Gasteiger partial charge in [-0.15, -0.1) is 0 Å². The van der Waals surface area contributed by atoms with Crippen molar-refractivity contribution in [3.63, 3.8) is 0 Å². The van der Waals surface area contributed by atoms with E-state index in [1.807, 2.05) is 24.3 Å². The third-order valence-corrected chi connectivity index (χ3v) is 5.69. The molecule has 1 unspecified atom stereocenters. The average molecular weight is 409 g/mol. The Morgan fingerprint density at radius 1 is 0.613 bits per heavy atom. The minimum absolute atomic E-state index is 0.596. The molecule has 0 saturated carbocycles. The Kier molecular flexibility index (Phi) is 6.49. The van der Waals surface area contributed by atoms with Crippen LogP contribution in [-0.2, 0) is 16.8 Å². The van der Waals surface area contributed by atoms with Crippen LogP contribution in [0.5, 0.6) is 5.75 Å². The third kappa shape index (κ3) is 4.55. The van der Waals surface area contributed by atoms with Gasteiger partial charge in [0.1, 0.15) is 11.4 Å². The maximum Gasteiger partial charge on any atom is 0.143 e. The highest BCUT2D eigenvalue weighted by atomic mass is 16.5. The van der Waals surface area contributed by atoms with E-state index in [2.05, 4.69) is 91.9 Å². The Bertz CT molecular complexity index is 1070. The van der Waals surface area contributed by atoms with Gasteiger partial charge in [0.2, 0.25) is 0 Å². The number of rotatable bonds is 8. The third-order valence-electron chi connectivity index (χ3n) is 5.69. The van der Waals surface area contributed by atoms with Gasteiger partial charge in [-0.05, 0) is 47.7 Å². The molecule has 0 amide bonds. The zero-order valence-corrected chi connectivity index (χ0v) is 18.1. The van der Waals surface area contributed by atoms with E-state index in [0.717, 1.165) is 28.9 Å². The van der Waals surface area contributed by atoms with E-state index in [1.165, 1.54) is 11.1 Å². The van der Waals surface area contributed by atoms with Crippen molar-refractivity contribution >= 4 is 0 Å². The molecule has 0 radical (unpaired) electrons. The summed E-state index contributed by atoms with van der Waals surface area (Å²) in [5.74, 6) is 0.832. The zero-order valence-electron chi connectivity index (χ0n) is 18.1. The number of hydrogen-bond acceptors (Lipinski definition) is 2. The van der Waals surface area contributed by atoms with Gasteiger partial charge in [0, 0.05) is 0 Å². The van der Waals surface area contributed by atoms with Gasteiger partial charge in [0.15, 0.2) is 0 Å². The smallest absolute Gasteiger partial charge is 0.143 e. The molecule has 1 atom stereocenters. The molecule has 31 heavy (non-hydrogen) atoms. The standard InChI is InChI=1S/C29H28O2/c1-23-13-15-26(16-14-23)29(25-11-7-4-8-12-25,27-17-19-28(30-2)20-18-27)31-22-21-24-9-5-3-6-10-24/h3-20H,21-22H2,1-2H3. The van der Waals surface area contributed by atoms with Crippen LogP contribution in [0.4, 0.5) is 0 Å². The maximum absolute atomic E-state index is 6.86. The first-order valence-electron chi connectivity index (χ1n) is 10.7. The molecule has 2 heteroatoms. The van der Waals surface area contributed by atoms with Crippen LogP contribution in [0, 0.1) is 6.92 Å². The first-order valence-corrected chi connectivity index (χ1v) is 10.7. The number of aryl methyl sites for hydroxylation is 1. The molecule has 0 fully saturated rings. The Morgan fingerprint density at radius 3 is 1.71 bits per heavy atom. The largest absolute Gasteiger partial charge is 0.497 e. The van der Waals surface area contributed by atoms with E-state index in [-0.39, 0.29) is 0 Å². The highest BCUT2D eigenvalue weighted by Crippen LogP contribution is 2.41. The number of benzene rings is 4. The summed E-state index contributed by atoms with van der Waals surface area (Å²) in [6.07, 6.45) is 0.845. The van der Waals surface area contributed by atoms with Crippen LogP contribution in [-0.4, -0.2) is 13.7 Å². The second kappa shape index (κ2) is 9.63. The van der Waals surface area contributed by atoms with Crippen LogP contribution >= 0.6 is 0 Å². The highest BCUT2D eigenvalue weighted by Gasteiger charge is 2.37. The Hall–Kier alpha value is -3.36. The van der Waals surface area contributed by atoms with Crippen molar-refractivity contribution in [2.45, 2.75) is 18.9 Å². The van der Waals surface area contributed by atoms with Gasteiger partial charge in [-0.3, -0.25) is 0 Å². The molecule has 2 nitrogen and oxygen atoms in total. The highest BCUT2D eigenvalue weighted by molar-refractivity contribution is 5.49. The fourth-order valence-corrected chi connectivity index (χ4v) is 4.00. The molecule has 156 valence electrons. The lowest BCUT2D eigenvalue weighted by molar-refractivity contribution is 0.0147. The van der Waals surface area contributed by atoms with Gasteiger partial charge >= 0.3 is 0 Å². The van der Waals surface area contributed by atoms with Gasteiger partial charge < -0.3 is 9.47 Å². The fraction of sp³-hybridized carbons (Fsp3) is 0.172. The summed E-state index contributed by atoms with van der Waals surface area (Å²) in [5, 5.41) is 0. The molecule has 0 N–H and O–H groups in total. The number of methoxy groups -OCH3 is 1. The SMILES string of the molecule is COc1ccc(C(OCCc2ccccc2)(c2ccccc2)c2ccc(C)cc2)cc1. The van der Waals surface area contributed by atoms with E-state index in [9.17, 15) is 0 Å². The van der Waals surface area contributed by atoms with E-state index >= 15 is 0 Å². The summed E-state index contributed by atoms with van der Waals surface area (Å²) >= 11 is 0. The van der Waals surface area contributed by atoms with Gasteiger partial charge in [-0.25, -0.2) is 0 Å². The summed E-state index contributed by atoms with van der Waals surface area (Å²) in [5.41, 5.74) is 5.08. The van der Waals surface area contributed by atoms with Crippen LogP contribution < -0.4 is 4.74 Å². The van der Waals surface area contributed by atoms with Crippen molar-refractivity contribution in [1.29, 1.82) is 0 Å². The normalized spacial score (nSPS) is 12.8. The second-order valence-electron chi connectivity index (χ2n) is 7.73. The van der Waals surface area contributed by atoms with Gasteiger partial charge in [-0.2, -0.15) is 0 Å². The lowest BCUT2D eigenvalue weighted by Gasteiger charge is -2.36. The molecule has 0 aliphatic carbocycles. The summed E-state index contributed by atoms with van der Waals surface area (Å²) in [4.78, 5) is 0. The van der Waals surface area contributed by atoms with Gasteiger partial charge in [0.25, 0.3) is 0 Å². The molecule has 0 aliphatic heterocycles. The first-order chi connectivity index (χ1) is 15.2. The average Bonchev–Trinajstić information content (AvgIpc) is 2.84. The predicted molar refractivity (Wildman–Crippen MR) is 127 cm³/mol. The molecule has 0 aromatic heterocycles. The van der Waals surface area contributed by atoms with E-state index < -0.39 is 5.60 Å². The lowest BCUT2D eigenvalue weighted by atomic mass is 9.79. The van der Waals surface area contributed by atoms with Crippen LogP contribution in [0.2, 0.25) is 0 Å². The topological polar surface area (TPSA) is 18.5 Å². The molecule has 4 aromatic rings. The molecule has 0 aliphatic rings. The van der Waals surface area contributed by atoms with Crippen molar-refractivity contribution in [2.75, 3.05) is 13.7 Å². The monoisotopic (exact) mass is 408 g/mol. The minimum atomic E-state index is -0.712. The van der Waals surface area contributed by atoms with Gasteiger partial charge in [-0.1, -0.05) is 103 Å². The summed E-state index contributed by atoms with van der Waals surface area (Å²) in [7, 11) is 1.69. The van der Waals surface area contributed by atoms with Crippen molar-refractivity contribution in [3.05, 3.63) is 137 Å². The Balaban J connectivity index is 1.81. The Labute approximate surface area is 185 Å². The maximum atomic E-state index is 6.86. The number of hydrogen-bond donors (Lipinski definition) is 0. The van der Waals surface area contributed by atoms with Gasteiger partial charge in [0.05, 0.1) is 13.7 Å². The molecule has 0 spiro atoms. The quantitative estimate of drug-likeness (QED) is 0.308.